The Bertz CT molecular complexity index is 1750. The predicted molar refractivity (Wildman–Crippen MR) is 176 cm³/mol. The lowest BCUT2D eigenvalue weighted by Gasteiger charge is -2.26. The summed E-state index contributed by atoms with van der Waals surface area (Å²) in [5.74, 6) is -2.87. The second kappa shape index (κ2) is 15.4. The molecule has 1 aliphatic rings. The number of aliphatic carboxylic acids is 1. The molecular formula is C36H38N4O8. The Morgan fingerprint density at radius 3 is 2.08 bits per heavy atom. The number of alkyl carbamates (subject to hydrolysis) is 1. The molecule has 0 aliphatic carbocycles. The second-order valence-corrected chi connectivity index (χ2v) is 12.0. The molecule has 12 nitrogen and oxygen atoms in total. The van der Waals surface area contributed by atoms with Crippen LogP contribution >= 0.6 is 0 Å². The van der Waals surface area contributed by atoms with E-state index in [1.54, 1.807) is 37.4 Å². The molecule has 4 aromatic rings. The Balaban J connectivity index is 1.36. The summed E-state index contributed by atoms with van der Waals surface area (Å²) in [4.78, 5) is 68.5. The molecule has 4 unspecified atom stereocenters. The number of carbonyl (C=O) groups excluding carboxylic acids is 4. The standard InChI is InChI=1S/C36H38N4O8/c1-36(22-48-36)32(43)29(18-23-10-4-2-5-11-23)38-34(45)30(19-25-20-37-27-15-9-8-14-26(25)27)39-33(44)28(16-17-31(41)42)40-35(46)47-21-24-12-6-3-7-13-24/h2-15,20,28-30,37H,16-19,21-22H2,1H3,(H,38,45)(H,39,44)(H,40,46)(H,41,42). The summed E-state index contributed by atoms with van der Waals surface area (Å²) in [6.45, 7) is 1.84. The van der Waals surface area contributed by atoms with Crippen LogP contribution in [0, 0.1) is 0 Å². The number of Topliss-reactive ketones (excluding diaryl/α,β-unsaturated/α-hetero) is 1. The van der Waals surface area contributed by atoms with Crippen molar-refractivity contribution in [3.05, 3.63) is 108 Å². The average molecular weight is 655 g/mol. The van der Waals surface area contributed by atoms with E-state index in [2.05, 4.69) is 20.9 Å². The number of benzene rings is 3. The van der Waals surface area contributed by atoms with Crippen LogP contribution < -0.4 is 16.0 Å². The summed E-state index contributed by atoms with van der Waals surface area (Å²) >= 11 is 0. The summed E-state index contributed by atoms with van der Waals surface area (Å²) < 4.78 is 10.7. The van der Waals surface area contributed by atoms with Crippen molar-refractivity contribution in [3.8, 4) is 0 Å². The fourth-order valence-electron chi connectivity index (χ4n) is 5.40. The van der Waals surface area contributed by atoms with Gasteiger partial charge in [0.25, 0.3) is 0 Å². The third kappa shape index (κ3) is 9.07. The van der Waals surface area contributed by atoms with Gasteiger partial charge in [-0.1, -0.05) is 78.9 Å². The van der Waals surface area contributed by atoms with E-state index in [4.69, 9.17) is 9.47 Å². The predicted octanol–water partition coefficient (Wildman–Crippen LogP) is 3.44. The first-order valence-corrected chi connectivity index (χ1v) is 15.7. The van der Waals surface area contributed by atoms with Gasteiger partial charge in [-0.25, -0.2) is 4.79 Å². The number of carboxylic acid groups (broad SMARTS) is 1. The van der Waals surface area contributed by atoms with Gasteiger partial charge >= 0.3 is 12.1 Å². The molecule has 0 bridgehead atoms. The number of H-pyrrole nitrogens is 1. The molecule has 1 fully saturated rings. The number of para-hydroxylation sites is 1. The number of carbonyl (C=O) groups is 5. The highest BCUT2D eigenvalue weighted by Crippen LogP contribution is 2.29. The van der Waals surface area contributed by atoms with Crippen molar-refractivity contribution in [3.63, 3.8) is 0 Å². The van der Waals surface area contributed by atoms with Crippen LogP contribution in [0.15, 0.2) is 91.1 Å². The quantitative estimate of drug-likeness (QED) is 0.114. The number of rotatable bonds is 16. The molecule has 0 radical (unpaired) electrons. The zero-order valence-electron chi connectivity index (χ0n) is 26.4. The van der Waals surface area contributed by atoms with E-state index >= 15 is 0 Å². The van der Waals surface area contributed by atoms with E-state index in [1.807, 2.05) is 60.7 Å². The minimum absolute atomic E-state index is 0.0334. The Morgan fingerprint density at radius 2 is 1.42 bits per heavy atom. The highest BCUT2D eigenvalue weighted by molar-refractivity contribution is 5.99. The summed E-state index contributed by atoms with van der Waals surface area (Å²) in [5.41, 5.74) is 2.08. The van der Waals surface area contributed by atoms with Gasteiger partial charge < -0.3 is 35.5 Å². The van der Waals surface area contributed by atoms with Crippen molar-refractivity contribution < 1.29 is 38.6 Å². The molecule has 2 heterocycles. The fraction of sp³-hybridized carbons (Fsp3) is 0.306. The Labute approximate surface area is 277 Å². The Kier molecular flexibility index (Phi) is 10.9. The lowest BCUT2D eigenvalue weighted by atomic mass is 9.94. The van der Waals surface area contributed by atoms with Crippen LogP contribution in [0.4, 0.5) is 4.79 Å². The molecule has 0 spiro atoms. The summed E-state index contributed by atoms with van der Waals surface area (Å²) in [5, 5.41) is 18.2. The zero-order valence-corrected chi connectivity index (χ0v) is 26.4. The third-order valence-corrected chi connectivity index (χ3v) is 8.21. The van der Waals surface area contributed by atoms with Crippen LogP contribution in [0.25, 0.3) is 10.9 Å². The molecular weight excluding hydrogens is 616 g/mol. The van der Waals surface area contributed by atoms with Gasteiger partial charge in [0, 0.05) is 29.9 Å². The van der Waals surface area contributed by atoms with Gasteiger partial charge in [-0.3, -0.25) is 19.2 Å². The minimum atomic E-state index is -1.33. The van der Waals surface area contributed by atoms with E-state index in [0.29, 0.717) is 0 Å². The monoisotopic (exact) mass is 654 g/mol. The summed E-state index contributed by atoms with van der Waals surface area (Å²) in [6, 6.07) is 22.1. The smallest absolute Gasteiger partial charge is 0.408 e. The molecule has 5 rings (SSSR count). The van der Waals surface area contributed by atoms with E-state index < -0.39 is 54.0 Å². The molecule has 0 saturated carbocycles. The molecule has 1 aliphatic heterocycles. The first-order chi connectivity index (χ1) is 23.1. The van der Waals surface area contributed by atoms with E-state index in [1.165, 1.54) is 0 Å². The van der Waals surface area contributed by atoms with Crippen molar-refractivity contribution in [2.75, 3.05) is 6.61 Å². The number of hydrogen-bond donors (Lipinski definition) is 5. The Hall–Kier alpha value is -5.49. The zero-order chi connectivity index (χ0) is 34.1. The number of ether oxygens (including phenoxy) is 2. The maximum atomic E-state index is 14.0. The Morgan fingerprint density at radius 1 is 0.812 bits per heavy atom. The topological polar surface area (TPSA) is 179 Å². The van der Waals surface area contributed by atoms with Gasteiger partial charge in [0.2, 0.25) is 11.8 Å². The number of nitrogens with one attached hydrogen (secondary N) is 4. The van der Waals surface area contributed by atoms with Crippen LogP contribution in [0.3, 0.4) is 0 Å². The van der Waals surface area contributed by atoms with Crippen molar-refractivity contribution in [1.82, 2.24) is 20.9 Å². The van der Waals surface area contributed by atoms with Crippen LogP contribution in [-0.2, 0) is 48.1 Å². The lowest BCUT2D eigenvalue weighted by Crippen LogP contribution is -2.57. The minimum Gasteiger partial charge on any atom is -0.481 e. The number of carboxylic acids is 1. The maximum Gasteiger partial charge on any atom is 0.408 e. The second-order valence-electron chi connectivity index (χ2n) is 12.0. The number of fused-ring (bicyclic) bond motifs is 1. The van der Waals surface area contributed by atoms with E-state index in [0.717, 1.165) is 27.6 Å². The number of aromatic nitrogens is 1. The van der Waals surface area contributed by atoms with Crippen LogP contribution in [0.5, 0.6) is 0 Å². The first-order valence-electron chi connectivity index (χ1n) is 15.7. The van der Waals surface area contributed by atoms with Gasteiger partial charge in [0.1, 0.15) is 24.3 Å². The van der Waals surface area contributed by atoms with Crippen LogP contribution in [0.2, 0.25) is 0 Å². The lowest BCUT2D eigenvalue weighted by molar-refractivity contribution is -0.137. The van der Waals surface area contributed by atoms with Gasteiger partial charge in [0.05, 0.1) is 12.6 Å². The molecule has 3 aromatic carbocycles. The summed E-state index contributed by atoms with van der Waals surface area (Å²) in [7, 11) is 0. The van der Waals surface area contributed by atoms with Crippen molar-refractivity contribution in [2.45, 2.75) is 62.9 Å². The number of epoxide rings is 1. The van der Waals surface area contributed by atoms with Gasteiger partial charge in [-0.15, -0.1) is 0 Å². The average Bonchev–Trinajstić information content (AvgIpc) is 3.72. The molecule has 1 saturated heterocycles. The SMILES string of the molecule is CC1(C(=O)C(Cc2ccccc2)NC(=O)C(Cc2c[nH]c3ccccc23)NC(=O)C(CCC(=O)O)NC(=O)OCc2ccccc2)CO1. The van der Waals surface area contributed by atoms with Gasteiger partial charge in [-0.2, -0.15) is 0 Å². The molecule has 12 heteroatoms. The van der Waals surface area contributed by atoms with Crippen molar-refractivity contribution in [2.24, 2.45) is 0 Å². The molecule has 3 amide bonds. The van der Waals surface area contributed by atoms with E-state index in [-0.39, 0.29) is 38.3 Å². The molecule has 250 valence electrons. The largest absolute Gasteiger partial charge is 0.481 e. The molecule has 1 aromatic heterocycles. The van der Waals surface area contributed by atoms with Crippen LogP contribution in [0.1, 0.15) is 36.5 Å². The maximum absolute atomic E-state index is 14.0. The van der Waals surface area contributed by atoms with E-state index in [9.17, 15) is 29.1 Å². The van der Waals surface area contributed by atoms with Crippen molar-refractivity contribution in [1.29, 1.82) is 0 Å². The fourth-order valence-corrected chi connectivity index (χ4v) is 5.40. The number of ketones is 1. The molecule has 5 N–H and O–H groups in total. The van der Waals surface area contributed by atoms with Gasteiger partial charge in [0.15, 0.2) is 5.78 Å². The number of amides is 3. The first kappa shape index (κ1) is 33.9. The highest BCUT2D eigenvalue weighted by Gasteiger charge is 2.50. The van der Waals surface area contributed by atoms with Crippen molar-refractivity contribution >= 4 is 40.6 Å². The van der Waals surface area contributed by atoms with Gasteiger partial charge in [-0.05, 0) is 42.5 Å². The summed E-state index contributed by atoms with van der Waals surface area (Å²) in [6.07, 6.45) is 0.369. The normalized spacial score (nSPS) is 17.0. The third-order valence-electron chi connectivity index (χ3n) is 8.21. The molecule has 4 atom stereocenters. The number of hydrogen-bond acceptors (Lipinski definition) is 7. The number of aromatic amines is 1. The van der Waals surface area contributed by atoms with Crippen LogP contribution in [-0.4, -0.2) is 70.1 Å². The molecule has 48 heavy (non-hydrogen) atoms. The highest BCUT2D eigenvalue weighted by atomic mass is 16.6.